The second-order valence-corrected chi connectivity index (χ2v) is 7.89. The van der Waals surface area contributed by atoms with E-state index >= 15 is 0 Å². The standard InChI is InChI=1S/C26H32N2O4/c1-5-27(6-2)16-17-28-23(19-10-8-18(4)9-11-19)22(25(30)26(28)31)24(29)20-12-14-21(15-13-20)32-7-3/h8-15,23,29H,5-7,16-17H2,1-4H3/t23-/m0/s1. The Labute approximate surface area is 190 Å². The van der Waals surface area contributed by atoms with Gasteiger partial charge in [0.2, 0.25) is 0 Å². The van der Waals surface area contributed by atoms with Gasteiger partial charge in [0.05, 0.1) is 18.2 Å². The minimum atomic E-state index is -0.651. The molecule has 0 aromatic heterocycles. The maximum Gasteiger partial charge on any atom is 0.295 e. The molecule has 1 atom stereocenters. The van der Waals surface area contributed by atoms with Crippen LogP contribution in [0.2, 0.25) is 0 Å². The van der Waals surface area contributed by atoms with Crippen LogP contribution in [0.15, 0.2) is 54.1 Å². The van der Waals surface area contributed by atoms with Crippen LogP contribution in [0.4, 0.5) is 0 Å². The highest BCUT2D eigenvalue weighted by atomic mass is 16.5. The molecule has 32 heavy (non-hydrogen) atoms. The Kier molecular flexibility index (Phi) is 7.70. The summed E-state index contributed by atoms with van der Waals surface area (Å²) in [5, 5.41) is 11.1. The lowest BCUT2D eigenvalue weighted by Gasteiger charge is -2.28. The smallest absolute Gasteiger partial charge is 0.295 e. The summed E-state index contributed by atoms with van der Waals surface area (Å²) in [6, 6.07) is 14.0. The predicted molar refractivity (Wildman–Crippen MR) is 126 cm³/mol. The predicted octanol–water partition coefficient (Wildman–Crippen LogP) is 4.16. The minimum Gasteiger partial charge on any atom is -0.507 e. The van der Waals surface area contributed by atoms with E-state index < -0.39 is 17.7 Å². The van der Waals surface area contributed by atoms with Crippen molar-refractivity contribution in [1.29, 1.82) is 0 Å². The van der Waals surface area contributed by atoms with Gasteiger partial charge >= 0.3 is 0 Å². The largest absolute Gasteiger partial charge is 0.507 e. The van der Waals surface area contributed by atoms with E-state index in [1.165, 1.54) is 0 Å². The second kappa shape index (κ2) is 10.5. The number of benzene rings is 2. The fourth-order valence-corrected chi connectivity index (χ4v) is 4.03. The number of carbonyl (C=O) groups excluding carboxylic acids is 2. The lowest BCUT2D eigenvalue weighted by Crippen LogP contribution is -2.38. The maximum absolute atomic E-state index is 13.1. The van der Waals surface area contributed by atoms with Gasteiger partial charge in [-0.1, -0.05) is 43.7 Å². The zero-order valence-electron chi connectivity index (χ0n) is 19.3. The van der Waals surface area contributed by atoms with Gasteiger partial charge in [-0.05, 0) is 56.8 Å². The Morgan fingerprint density at radius 3 is 2.19 bits per heavy atom. The van der Waals surface area contributed by atoms with E-state index in [1.807, 2.05) is 38.1 Å². The van der Waals surface area contributed by atoms with Crippen molar-refractivity contribution in [3.05, 3.63) is 70.8 Å². The van der Waals surface area contributed by atoms with E-state index in [4.69, 9.17) is 4.74 Å². The third kappa shape index (κ3) is 4.86. The molecule has 0 bridgehead atoms. The normalized spacial score (nSPS) is 17.9. The van der Waals surface area contributed by atoms with Crippen molar-refractivity contribution < 1.29 is 19.4 Å². The van der Waals surface area contributed by atoms with Crippen molar-refractivity contribution in [3.8, 4) is 5.75 Å². The van der Waals surface area contributed by atoms with Crippen molar-refractivity contribution in [2.45, 2.75) is 33.7 Å². The highest BCUT2D eigenvalue weighted by molar-refractivity contribution is 6.46. The van der Waals surface area contributed by atoms with Crippen LogP contribution in [-0.4, -0.2) is 59.4 Å². The summed E-state index contributed by atoms with van der Waals surface area (Å²) in [5.74, 6) is -0.710. The molecule has 1 fully saturated rings. The zero-order chi connectivity index (χ0) is 23.3. The number of ether oxygens (including phenoxy) is 1. The number of nitrogens with zero attached hydrogens (tertiary/aromatic N) is 2. The van der Waals surface area contributed by atoms with Gasteiger partial charge in [0.25, 0.3) is 11.7 Å². The van der Waals surface area contributed by atoms with Gasteiger partial charge in [0, 0.05) is 18.7 Å². The van der Waals surface area contributed by atoms with Gasteiger partial charge in [-0.2, -0.15) is 0 Å². The summed E-state index contributed by atoms with van der Waals surface area (Å²) in [4.78, 5) is 29.9. The number of rotatable bonds is 9. The number of Topliss-reactive ketones (excluding diaryl/α,β-unsaturated/α-hetero) is 1. The maximum atomic E-state index is 13.1. The number of aliphatic hydroxyl groups excluding tert-OH is 1. The molecule has 0 saturated carbocycles. The van der Waals surface area contributed by atoms with Crippen LogP contribution in [0.1, 0.15) is 43.5 Å². The molecule has 1 amide bonds. The van der Waals surface area contributed by atoms with Crippen LogP contribution >= 0.6 is 0 Å². The summed E-state index contributed by atoms with van der Waals surface area (Å²) in [6.45, 7) is 11.4. The number of hydrogen-bond acceptors (Lipinski definition) is 5. The summed E-state index contributed by atoms with van der Waals surface area (Å²) >= 11 is 0. The number of carbonyl (C=O) groups is 2. The molecule has 1 heterocycles. The first-order valence-corrected chi connectivity index (χ1v) is 11.2. The van der Waals surface area contributed by atoms with Crippen molar-refractivity contribution in [2.75, 3.05) is 32.8 Å². The van der Waals surface area contributed by atoms with Gasteiger partial charge < -0.3 is 19.6 Å². The van der Waals surface area contributed by atoms with Crippen molar-refractivity contribution in [3.63, 3.8) is 0 Å². The summed E-state index contributed by atoms with van der Waals surface area (Å²) in [5.41, 5.74) is 2.50. The molecule has 1 saturated heterocycles. The third-order valence-corrected chi connectivity index (χ3v) is 5.92. The number of aryl methyl sites for hydroxylation is 1. The van der Waals surface area contributed by atoms with E-state index in [9.17, 15) is 14.7 Å². The molecular formula is C26H32N2O4. The Hall–Kier alpha value is -3.12. The fourth-order valence-electron chi connectivity index (χ4n) is 4.03. The molecule has 3 rings (SSSR count). The zero-order valence-corrected chi connectivity index (χ0v) is 19.3. The Bertz CT molecular complexity index is 976. The monoisotopic (exact) mass is 436 g/mol. The quantitative estimate of drug-likeness (QED) is 0.363. The van der Waals surface area contributed by atoms with Gasteiger partial charge in [0.15, 0.2) is 0 Å². The number of ketones is 1. The van der Waals surface area contributed by atoms with Gasteiger partial charge in [-0.3, -0.25) is 9.59 Å². The molecule has 6 nitrogen and oxygen atoms in total. The van der Waals surface area contributed by atoms with Crippen molar-refractivity contribution >= 4 is 17.4 Å². The van der Waals surface area contributed by atoms with Crippen LogP contribution < -0.4 is 4.74 Å². The molecule has 1 N–H and O–H groups in total. The highest BCUT2D eigenvalue weighted by Crippen LogP contribution is 2.39. The minimum absolute atomic E-state index is 0.127. The average molecular weight is 437 g/mol. The molecule has 1 aliphatic heterocycles. The Morgan fingerprint density at radius 1 is 1.00 bits per heavy atom. The first kappa shape index (κ1) is 23.5. The molecule has 1 aliphatic rings. The SMILES string of the molecule is CCOc1ccc(C(O)=C2C(=O)C(=O)N(CCN(CC)CC)[C@H]2c2ccc(C)cc2)cc1. The van der Waals surface area contributed by atoms with Crippen molar-refractivity contribution in [1.82, 2.24) is 9.80 Å². The van der Waals surface area contributed by atoms with Crippen LogP contribution in [0.25, 0.3) is 5.76 Å². The molecule has 0 aliphatic carbocycles. The molecule has 0 spiro atoms. The van der Waals surface area contributed by atoms with E-state index in [0.29, 0.717) is 31.0 Å². The topological polar surface area (TPSA) is 70.1 Å². The number of likely N-dealkylation sites (N-methyl/N-ethyl adjacent to an activating group) is 1. The average Bonchev–Trinajstić information content (AvgIpc) is 3.05. The van der Waals surface area contributed by atoms with E-state index in [1.54, 1.807) is 29.2 Å². The summed E-state index contributed by atoms with van der Waals surface area (Å²) in [6.07, 6.45) is 0. The number of likely N-dealkylation sites (tertiary alicyclic amines) is 1. The van der Waals surface area contributed by atoms with E-state index in [0.717, 1.165) is 24.2 Å². The van der Waals surface area contributed by atoms with E-state index in [2.05, 4.69) is 18.7 Å². The second-order valence-electron chi connectivity index (χ2n) is 7.89. The van der Waals surface area contributed by atoms with Crippen LogP contribution in [0.3, 0.4) is 0 Å². The van der Waals surface area contributed by atoms with Gasteiger partial charge in [-0.15, -0.1) is 0 Å². The first-order chi connectivity index (χ1) is 15.4. The number of amides is 1. The lowest BCUT2D eigenvalue weighted by molar-refractivity contribution is -0.140. The Morgan fingerprint density at radius 2 is 1.62 bits per heavy atom. The Balaban J connectivity index is 2.05. The van der Waals surface area contributed by atoms with Crippen LogP contribution in [0, 0.1) is 6.92 Å². The molecule has 6 heteroatoms. The first-order valence-electron chi connectivity index (χ1n) is 11.2. The molecule has 0 radical (unpaired) electrons. The summed E-state index contributed by atoms with van der Waals surface area (Å²) in [7, 11) is 0. The van der Waals surface area contributed by atoms with Crippen LogP contribution in [-0.2, 0) is 9.59 Å². The molecule has 2 aromatic carbocycles. The molecule has 0 unspecified atom stereocenters. The number of hydrogen-bond donors (Lipinski definition) is 1. The van der Waals surface area contributed by atoms with Crippen molar-refractivity contribution in [2.24, 2.45) is 0 Å². The summed E-state index contributed by atoms with van der Waals surface area (Å²) < 4.78 is 5.47. The number of aliphatic hydroxyl groups is 1. The fraction of sp³-hybridized carbons (Fsp3) is 0.385. The third-order valence-electron chi connectivity index (χ3n) is 5.92. The molecular weight excluding hydrogens is 404 g/mol. The molecule has 170 valence electrons. The lowest BCUT2D eigenvalue weighted by atomic mass is 9.94. The van der Waals surface area contributed by atoms with Crippen LogP contribution in [0.5, 0.6) is 5.75 Å². The van der Waals surface area contributed by atoms with E-state index in [-0.39, 0.29) is 11.3 Å². The molecule has 2 aromatic rings. The van der Waals surface area contributed by atoms with Gasteiger partial charge in [0.1, 0.15) is 11.5 Å². The van der Waals surface area contributed by atoms with Gasteiger partial charge in [-0.25, -0.2) is 0 Å². The highest BCUT2D eigenvalue weighted by Gasteiger charge is 2.45.